The summed E-state index contributed by atoms with van der Waals surface area (Å²) in [5.41, 5.74) is 0.847. The fourth-order valence-corrected chi connectivity index (χ4v) is 1.11. The Hall–Kier alpha value is -1.42. The van der Waals surface area contributed by atoms with Crippen molar-refractivity contribution in [3.05, 3.63) is 35.4 Å². The molecule has 0 unspecified atom stereocenters. The van der Waals surface area contributed by atoms with E-state index < -0.39 is 0 Å². The van der Waals surface area contributed by atoms with Crippen molar-refractivity contribution in [2.24, 2.45) is 0 Å². The van der Waals surface area contributed by atoms with Gasteiger partial charge in [0.25, 0.3) is 0 Å². The lowest BCUT2D eigenvalue weighted by Crippen LogP contribution is -1.82. The number of aromatic nitrogens is 2. The van der Waals surface area contributed by atoms with Crippen LogP contribution in [0.5, 0.6) is 0 Å². The van der Waals surface area contributed by atoms with Gasteiger partial charge in [-0.05, 0) is 12.1 Å². The largest absolute Gasteiger partial charge is 0.463 e. The van der Waals surface area contributed by atoms with E-state index in [1.165, 1.54) is 0 Å². The summed E-state index contributed by atoms with van der Waals surface area (Å²) >= 11 is 4.90. The molecule has 2 aromatic rings. The monoisotopic (exact) mass is 178 g/mol. The highest BCUT2D eigenvalue weighted by Gasteiger charge is 1.98. The van der Waals surface area contributed by atoms with Gasteiger partial charge in [0.05, 0.1) is 18.3 Å². The van der Waals surface area contributed by atoms with E-state index in [0.29, 0.717) is 4.64 Å². The van der Waals surface area contributed by atoms with Crippen molar-refractivity contribution in [3.63, 3.8) is 0 Å². The van der Waals surface area contributed by atoms with Gasteiger partial charge in [0.15, 0.2) is 0 Å². The molecular formula is C8H6N2OS. The minimum Gasteiger partial charge on any atom is -0.463 e. The van der Waals surface area contributed by atoms with Crippen LogP contribution in [0.3, 0.4) is 0 Å². The second-order valence-electron chi connectivity index (χ2n) is 2.28. The van der Waals surface area contributed by atoms with Crippen LogP contribution < -0.4 is 0 Å². The molecule has 0 bridgehead atoms. The molecule has 4 heteroatoms. The topological polar surface area (TPSA) is 41.8 Å². The summed E-state index contributed by atoms with van der Waals surface area (Å²) in [6, 6.07) is 5.45. The summed E-state index contributed by atoms with van der Waals surface area (Å²) in [6.45, 7) is 0. The number of hydrogen-bond donors (Lipinski definition) is 1. The van der Waals surface area contributed by atoms with Crippen LogP contribution in [0.25, 0.3) is 11.5 Å². The number of H-pyrrole nitrogens is 1. The van der Waals surface area contributed by atoms with Gasteiger partial charge in [0.2, 0.25) is 0 Å². The maximum Gasteiger partial charge on any atom is 0.150 e. The van der Waals surface area contributed by atoms with Crippen LogP contribution in [0.1, 0.15) is 0 Å². The molecule has 0 saturated heterocycles. The molecule has 0 aliphatic heterocycles. The third-order valence-corrected chi connectivity index (χ3v) is 1.69. The van der Waals surface area contributed by atoms with Gasteiger partial charge in [-0.25, -0.2) is 4.98 Å². The number of hydrogen-bond acceptors (Lipinski definition) is 3. The number of rotatable bonds is 1. The highest BCUT2D eigenvalue weighted by atomic mass is 32.1. The van der Waals surface area contributed by atoms with Gasteiger partial charge < -0.3 is 9.40 Å². The molecule has 0 saturated carbocycles. The molecule has 0 spiro atoms. The van der Waals surface area contributed by atoms with E-state index in [2.05, 4.69) is 9.97 Å². The first-order chi connectivity index (χ1) is 5.86. The number of aromatic amines is 1. The summed E-state index contributed by atoms with van der Waals surface area (Å²) in [4.78, 5) is 6.81. The van der Waals surface area contributed by atoms with E-state index in [1.807, 2.05) is 12.1 Å². The molecule has 60 valence electrons. The number of nitrogens with one attached hydrogen (secondary N) is 1. The minimum atomic E-state index is 0.556. The fraction of sp³-hybridized carbons (Fsp3) is 0. The van der Waals surface area contributed by atoms with Crippen molar-refractivity contribution in [1.29, 1.82) is 0 Å². The Morgan fingerprint density at radius 3 is 3.08 bits per heavy atom. The van der Waals surface area contributed by atoms with Gasteiger partial charge in [0, 0.05) is 6.07 Å². The van der Waals surface area contributed by atoms with E-state index in [1.54, 1.807) is 18.7 Å². The number of furan rings is 1. The Balaban J connectivity index is 2.55. The van der Waals surface area contributed by atoms with E-state index in [0.717, 1.165) is 11.5 Å². The van der Waals surface area contributed by atoms with Gasteiger partial charge in [0.1, 0.15) is 10.4 Å². The lowest BCUT2D eigenvalue weighted by molar-refractivity contribution is 0.580. The van der Waals surface area contributed by atoms with E-state index in [9.17, 15) is 0 Å². The lowest BCUT2D eigenvalue weighted by atomic mass is 10.3. The van der Waals surface area contributed by atoms with Crippen molar-refractivity contribution in [3.8, 4) is 11.5 Å². The first kappa shape index (κ1) is 7.24. The zero-order chi connectivity index (χ0) is 8.39. The molecule has 2 aromatic heterocycles. The Morgan fingerprint density at radius 2 is 2.42 bits per heavy atom. The molecule has 0 radical (unpaired) electrons. The van der Waals surface area contributed by atoms with Crippen molar-refractivity contribution >= 4 is 12.2 Å². The predicted molar refractivity (Wildman–Crippen MR) is 47.1 cm³/mol. The third kappa shape index (κ3) is 1.29. The molecule has 0 amide bonds. The summed E-state index contributed by atoms with van der Waals surface area (Å²) in [5, 5.41) is 0. The second-order valence-corrected chi connectivity index (χ2v) is 2.69. The highest BCUT2D eigenvalue weighted by molar-refractivity contribution is 7.71. The van der Waals surface area contributed by atoms with Crippen LogP contribution in [-0.4, -0.2) is 9.97 Å². The maximum absolute atomic E-state index is 5.17. The molecule has 0 aliphatic rings. The molecule has 0 aliphatic carbocycles. The van der Waals surface area contributed by atoms with Crippen LogP contribution in [0.2, 0.25) is 0 Å². The first-order valence-electron chi connectivity index (χ1n) is 3.45. The van der Waals surface area contributed by atoms with Crippen molar-refractivity contribution in [2.45, 2.75) is 0 Å². The molecule has 0 aromatic carbocycles. The van der Waals surface area contributed by atoms with E-state index in [-0.39, 0.29) is 0 Å². The van der Waals surface area contributed by atoms with Gasteiger partial charge in [-0.3, -0.25) is 0 Å². The molecule has 0 atom stereocenters. The van der Waals surface area contributed by atoms with Crippen LogP contribution in [0, 0.1) is 4.64 Å². The first-order valence-corrected chi connectivity index (χ1v) is 3.86. The van der Waals surface area contributed by atoms with Gasteiger partial charge in [-0.15, -0.1) is 0 Å². The van der Waals surface area contributed by atoms with Gasteiger partial charge in [-0.2, -0.15) is 0 Å². The lowest BCUT2D eigenvalue weighted by Gasteiger charge is -1.93. The Bertz CT molecular complexity index is 419. The van der Waals surface area contributed by atoms with E-state index >= 15 is 0 Å². The maximum atomic E-state index is 5.17. The molecule has 12 heavy (non-hydrogen) atoms. The second kappa shape index (κ2) is 2.91. The summed E-state index contributed by atoms with van der Waals surface area (Å²) in [7, 11) is 0. The Labute approximate surface area is 74.1 Å². The zero-order valence-corrected chi connectivity index (χ0v) is 6.97. The van der Waals surface area contributed by atoms with Crippen LogP contribution in [0.4, 0.5) is 0 Å². The summed E-state index contributed by atoms with van der Waals surface area (Å²) < 4.78 is 5.72. The predicted octanol–water partition coefficient (Wildman–Crippen LogP) is 2.40. The molecule has 3 nitrogen and oxygen atoms in total. The molecule has 0 fully saturated rings. The number of nitrogens with zero attached hydrogens (tertiary/aromatic N) is 1. The standard InChI is InChI=1S/C8H6N2OS/c12-8-4-6(9-5-10-8)7-2-1-3-11-7/h1-5H,(H,9,10,12). The van der Waals surface area contributed by atoms with Gasteiger partial charge >= 0.3 is 0 Å². The average Bonchev–Trinajstić information content (AvgIpc) is 2.56. The molecule has 2 rings (SSSR count). The zero-order valence-electron chi connectivity index (χ0n) is 6.15. The van der Waals surface area contributed by atoms with Crippen LogP contribution >= 0.6 is 12.2 Å². The van der Waals surface area contributed by atoms with Crippen LogP contribution in [0.15, 0.2) is 35.2 Å². The SMILES string of the molecule is S=c1cc(-c2ccco2)[nH]cn1. The highest BCUT2D eigenvalue weighted by Crippen LogP contribution is 2.15. The van der Waals surface area contributed by atoms with E-state index in [4.69, 9.17) is 16.6 Å². The quantitative estimate of drug-likeness (QED) is 0.682. The summed E-state index contributed by atoms with van der Waals surface area (Å²) in [6.07, 6.45) is 3.17. The van der Waals surface area contributed by atoms with Gasteiger partial charge in [-0.1, -0.05) is 12.2 Å². The molecule has 2 heterocycles. The molecule has 1 N–H and O–H groups in total. The smallest absolute Gasteiger partial charge is 0.150 e. The normalized spacial score (nSPS) is 10.0. The fourth-order valence-electron chi connectivity index (χ4n) is 0.942. The third-order valence-electron chi connectivity index (χ3n) is 1.47. The summed E-state index contributed by atoms with van der Waals surface area (Å²) in [5.74, 6) is 0.767. The van der Waals surface area contributed by atoms with Crippen molar-refractivity contribution in [2.75, 3.05) is 0 Å². The molecular weight excluding hydrogens is 172 g/mol. The Kier molecular flexibility index (Phi) is 1.75. The van der Waals surface area contributed by atoms with Crippen molar-refractivity contribution < 1.29 is 4.42 Å². The average molecular weight is 178 g/mol. The van der Waals surface area contributed by atoms with Crippen molar-refractivity contribution in [1.82, 2.24) is 9.97 Å². The minimum absolute atomic E-state index is 0.556. The Morgan fingerprint density at radius 1 is 1.50 bits per heavy atom. The van der Waals surface area contributed by atoms with Crippen LogP contribution in [-0.2, 0) is 0 Å².